The third-order valence-electron chi connectivity index (χ3n) is 2.88. The van der Waals surface area contributed by atoms with Crippen LogP contribution >= 0.6 is 34.7 Å². The molecule has 2 aromatic rings. The monoisotopic (exact) mass is 315 g/mol. The maximum Gasteiger partial charge on any atom is 0.0829 e. The van der Waals surface area contributed by atoms with Crippen molar-refractivity contribution in [3.05, 3.63) is 44.4 Å². The molecule has 2 N–H and O–H groups in total. The summed E-state index contributed by atoms with van der Waals surface area (Å²) in [6.07, 6.45) is 0.652. The van der Waals surface area contributed by atoms with Crippen LogP contribution in [-0.2, 0) is 6.42 Å². The number of benzene rings is 1. The number of hydrogen-bond acceptors (Lipinski definition) is 4. The van der Waals surface area contributed by atoms with Gasteiger partial charge < -0.3 is 5.73 Å². The second kappa shape index (κ2) is 6.18. The van der Waals surface area contributed by atoms with Crippen molar-refractivity contribution < 1.29 is 0 Å². The van der Waals surface area contributed by atoms with Crippen molar-refractivity contribution in [1.29, 1.82) is 0 Å². The number of rotatable bonds is 4. The normalized spacial score (nSPS) is 12.9. The number of hydrogen-bond donors (Lipinski definition) is 1. The molecule has 1 unspecified atom stereocenters. The summed E-state index contributed by atoms with van der Waals surface area (Å²) < 4.78 is 4.00. The van der Waals surface area contributed by atoms with Crippen molar-refractivity contribution >= 4 is 34.7 Å². The van der Waals surface area contributed by atoms with Gasteiger partial charge in [0.1, 0.15) is 0 Å². The van der Waals surface area contributed by atoms with Crippen LogP contribution in [0.4, 0.5) is 0 Å². The summed E-state index contributed by atoms with van der Waals surface area (Å²) in [7, 11) is 0. The van der Waals surface area contributed by atoms with E-state index in [2.05, 4.69) is 23.4 Å². The molecule has 0 saturated carbocycles. The van der Waals surface area contributed by atoms with E-state index in [0.29, 0.717) is 22.4 Å². The molecule has 1 aromatic carbocycles. The fourth-order valence-corrected chi connectivity index (χ4v) is 3.17. The van der Waals surface area contributed by atoms with E-state index < -0.39 is 0 Å². The van der Waals surface area contributed by atoms with E-state index in [4.69, 9.17) is 28.9 Å². The maximum absolute atomic E-state index is 6.26. The number of nitrogens with zero attached hydrogens (tertiary/aromatic N) is 2. The lowest BCUT2D eigenvalue weighted by atomic mass is 10.0. The quantitative estimate of drug-likeness (QED) is 0.919. The first-order valence-corrected chi connectivity index (χ1v) is 7.53. The SMILES string of the molecule is CC(C)c1nnsc1C(N)Cc1ccc(Cl)cc1Cl. The summed E-state index contributed by atoms with van der Waals surface area (Å²) in [4.78, 5) is 1.03. The van der Waals surface area contributed by atoms with Gasteiger partial charge in [0.15, 0.2) is 0 Å². The van der Waals surface area contributed by atoms with Crippen LogP contribution in [0.3, 0.4) is 0 Å². The van der Waals surface area contributed by atoms with Crippen molar-refractivity contribution in [2.45, 2.75) is 32.2 Å². The Kier molecular flexibility index (Phi) is 4.79. The highest BCUT2D eigenvalue weighted by Crippen LogP contribution is 2.29. The van der Waals surface area contributed by atoms with Gasteiger partial charge in [0, 0.05) is 16.1 Å². The van der Waals surface area contributed by atoms with Gasteiger partial charge >= 0.3 is 0 Å². The molecule has 0 fully saturated rings. The van der Waals surface area contributed by atoms with Gasteiger partial charge in [0.2, 0.25) is 0 Å². The summed E-state index contributed by atoms with van der Waals surface area (Å²) >= 11 is 13.4. The van der Waals surface area contributed by atoms with Crippen molar-refractivity contribution in [3.8, 4) is 0 Å². The lowest BCUT2D eigenvalue weighted by Crippen LogP contribution is -2.14. The second-order valence-corrected chi connectivity index (χ2v) is 6.35. The van der Waals surface area contributed by atoms with Crippen LogP contribution in [0, 0.1) is 0 Å². The first-order valence-electron chi connectivity index (χ1n) is 6.00. The zero-order valence-electron chi connectivity index (χ0n) is 10.7. The molecule has 102 valence electrons. The Morgan fingerprint density at radius 1 is 1.32 bits per heavy atom. The van der Waals surface area contributed by atoms with Crippen LogP contribution in [0.5, 0.6) is 0 Å². The number of halogens is 2. The average molecular weight is 316 g/mol. The summed E-state index contributed by atoms with van der Waals surface area (Å²) in [6, 6.07) is 5.33. The minimum atomic E-state index is -0.143. The lowest BCUT2D eigenvalue weighted by molar-refractivity contribution is 0.701. The number of aromatic nitrogens is 2. The molecule has 0 bridgehead atoms. The van der Waals surface area contributed by atoms with Gasteiger partial charge in [-0.2, -0.15) is 0 Å². The summed E-state index contributed by atoms with van der Waals surface area (Å²) in [6.45, 7) is 4.17. The van der Waals surface area contributed by atoms with Gasteiger partial charge in [-0.1, -0.05) is 47.6 Å². The third-order valence-corrected chi connectivity index (χ3v) is 4.34. The maximum atomic E-state index is 6.26. The molecule has 1 aromatic heterocycles. The van der Waals surface area contributed by atoms with E-state index in [1.165, 1.54) is 11.5 Å². The topological polar surface area (TPSA) is 51.8 Å². The Morgan fingerprint density at radius 2 is 2.05 bits per heavy atom. The highest BCUT2D eigenvalue weighted by molar-refractivity contribution is 7.05. The Balaban J connectivity index is 2.21. The highest BCUT2D eigenvalue weighted by Gasteiger charge is 2.19. The van der Waals surface area contributed by atoms with Gasteiger partial charge in [0.05, 0.1) is 10.6 Å². The summed E-state index contributed by atoms with van der Waals surface area (Å²) in [5.41, 5.74) is 8.22. The van der Waals surface area contributed by atoms with E-state index in [-0.39, 0.29) is 6.04 Å². The Hall–Kier alpha value is -0.680. The Bertz CT molecular complexity index is 569. The molecule has 2 rings (SSSR count). The molecule has 0 amide bonds. The minimum absolute atomic E-state index is 0.143. The molecule has 0 radical (unpaired) electrons. The van der Waals surface area contributed by atoms with Crippen LogP contribution in [0.25, 0.3) is 0 Å². The van der Waals surface area contributed by atoms with E-state index in [1.54, 1.807) is 6.07 Å². The smallest absolute Gasteiger partial charge is 0.0829 e. The number of nitrogens with two attached hydrogens (primary N) is 1. The fourth-order valence-electron chi connectivity index (χ4n) is 1.88. The first kappa shape index (κ1) is 14.7. The van der Waals surface area contributed by atoms with Crippen LogP contribution in [-0.4, -0.2) is 9.59 Å². The van der Waals surface area contributed by atoms with Gasteiger partial charge in [-0.25, -0.2) is 0 Å². The Morgan fingerprint density at radius 3 is 2.68 bits per heavy atom. The zero-order valence-corrected chi connectivity index (χ0v) is 13.1. The van der Waals surface area contributed by atoms with Gasteiger partial charge in [0.25, 0.3) is 0 Å². The second-order valence-electron chi connectivity index (χ2n) is 4.72. The van der Waals surface area contributed by atoms with Crippen LogP contribution < -0.4 is 5.73 Å². The summed E-state index contributed by atoms with van der Waals surface area (Å²) in [5, 5.41) is 5.42. The predicted octanol–water partition coefficient (Wildman–Crippen LogP) is 4.21. The largest absolute Gasteiger partial charge is 0.323 e. The van der Waals surface area contributed by atoms with Gasteiger partial charge in [-0.15, -0.1) is 5.10 Å². The highest BCUT2D eigenvalue weighted by atomic mass is 35.5. The zero-order chi connectivity index (χ0) is 14.0. The van der Waals surface area contributed by atoms with Gasteiger partial charge in [-0.3, -0.25) is 0 Å². The third kappa shape index (κ3) is 3.45. The van der Waals surface area contributed by atoms with Crippen molar-refractivity contribution in [2.24, 2.45) is 5.73 Å². The molecule has 19 heavy (non-hydrogen) atoms. The molecular weight excluding hydrogens is 301 g/mol. The van der Waals surface area contributed by atoms with E-state index in [0.717, 1.165) is 16.1 Å². The molecule has 6 heteroatoms. The van der Waals surface area contributed by atoms with Gasteiger partial charge in [-0.05, 0) is 41.6 Å². The molecule has 1 atom stereocenters. The van der Waals surface area contributed by atoms with Crippen molar-refractivity contribution in [3.63, 3.8) is 0 Å². The average Bonchev–Trinajstić information content (AvgIpc) is 2.82. The molecular formula is C13H15Cl2N3S. The molecule has 0 aliphatic heterocycles. The molecule has 0 aliphatic carbocycles. The minimum Gasteiger partial charge on any atom is -0.323 e. The molecule has 0 saturated heterocycles. The van der Waals surface area contributed by atoms with E-state index >= 15 is 0 Å². The van der Waals surface area contributed by atoms with Crippen LogP contribution in [0.2, 0.25) is 10.0 Å². The molecule has 3 nitrogen and oxygen atoms in total. The molecule has 0 spiro atoms. The fraction of sp³-hybridized carbons (Fsp3) is 0.385. The van der Waals surface area contributed by atoms with Crippen molar-refractivity contribution in [2.75, 3.05) is 0 Å². The van der Waals surface area contributed by atoms with E-state index in [1.807, 2.05) is 12.1 Å². The summed E-state index contributed by atoms with van der Waals surface area (Å²) in [5.74, 6) is 0.320. The lowest BCUT2D eigenvalue weighted by Gasteiger charge is -2.13. The Labute approximate surface area is 126 Å². The van der Waals surface area contributed by atoms with Crippen LogP contribution in [0.15, 0.2) is 18.2 Å². The first-order chi connectivity index (χ1) is 8.99. The van der Waals surface area contributed by atoms with E-state index in [9.17, 15) is 0 Å². The molecule has 0 aliphatic rings. The van der Waals surface area contributed by atoms with Crippen LogP contribution in [0.1, 0.15) is 41.9 Å². The standard InChI is InChI=1S/C13H15Cl2N3S/c1-7(2)12-13(19-18-17-12)11(16)5-8-3-4-9(14)6-10(8)15/h3-4,6-7,11H,5,16H2,1-2H3. The molecule has 1 heterocycles. The predicted molar refractivity (Wildman–Crippen MR) is 81.1 cm³/mol. The van der Waals surface area contributed by atoms with Crippen molar-refractivity contribution in [1.82, 2.24) is 9.59 Å².